The second-order valence-corrected chi connectivity index (χ2v) is 9.61. The number of phenols is 2. The standard InChI is InChI=1S/C23H25BrClN5O7/c1-30(10-19(33)29-18(7-20(34)35)16-4-12(25)5-17(24)21(16)36)22(37)11-2-13(6-14(31)3-11)28-23-26-8-15(32)9-27-23/h2-6,15,18,31-32,36H,7-10H2,1H3,(H,29,33)(H,34,35)(H2,26,27,28). The van der Waals surface area contributed by atoms with Crippen molar-refractivity contribution in [1.82, 2.24) is 15.5 Å². The van der Waals surface area contributed by atoms with Crippen molar-refractivity contribution in [1.29, 1.82) is 0 Å². The van der Waals surface area contributed by atoms with Crippen LogP contribution < -0.4 is 16.0 Å². The highest BCUT2D eigenvalue weighted by atomic mass is 79.9. The Labute approximate surface area is 225 Å². The summed E-state index contributed by atoms with van der Waals surface area (Å²) in [6, 6.07) is 5.72. The van der Waals surface area contributed by atoms with Crippen LogP contribution in [-0.2, 0) is 9.59 Å². The molecule has 1 aliphatic heterocycles. The van der Waals surface area contributed by atoms with E-state index >= 15 is 0 Å². The molecule has 0 spiro atoms. The minimum atomic E-state index is -1.23. The lowest BCUT2D eigenvalue weighted by atomic mass is 10.0. The summed E-state index contributed by atoms with van der Waals surface area (Å²) in [5.74, 6) is -2.61. The number of phenolic OH excluding ortho intramolecular Hbond substituents is 2. The van der Waals surface area contributed by atoms with Gasteiger partial charge in [-0.15, -0.1) is 0 Å². The zero-order valence-electron chi connectivity index (χ0n) is 19.5. The highest BCUT2D eigenvalue weighted by Crippen LogP contribution is 2.36. The van der Waals surface area contributed by atoms with Crippen molar-refractivity contribution in [3.63, 3.8) is 0 Å². The van der Waals surface area contributed by atoms with Gasteiger partial charge in [0.15, 0.2) is 5.96 Å². The Balaban J connectivity index is 1.71. The van der Waals surface area contributed by atoms with Crippen molar-refractivity contribution in [3.05, 3.63) is 51.0 Å². The first-order valence-electron chi connectivity index (χ1n) is 10.9. The molecular formula is C23H25BrClN5O7. The molecule has 14 heteroatoms. The minimum Gasteiger partial charge on any atom is -0.508 e. The molecule has 0 aromatic heterocycles. The van der Waals surface area contributed by atoms with Gasteiger partial charge in [0.05, 0.1) is 36.1 Å². The van der Waals surface area contributed by atoms with Crippen molar-refractivity contribution >= 4 is 57.0 Å². The summed E-state index contributed by atoms with van der Waals surface area (Å²) in [6.07, 6.45) is -1.15. The highest BCUT2D eigenvalue weighted by Gasteiger charge is 2.25. The SMILES string of the molecule is CN(CC(=O)NC(CC(=O)O)c1cc(Cl)cc(Br)c1O)C(=O)c1cc(O)cc(NC2=NCC(O)CN2)c1. The van der Waals surface area contributed by atoms with E-state index in [2.05, 4.69) is 36.9 Å². The molecule has 2 aromatic carbocycles. The Morgan fingerprint density at radius 2 is 1.97 bits per heavy atom. The molecule has 0 saturated heterocycles. The Kier molecular flexibility index (Phi) is 9.18. The van der Waals surface area contributed by atoms with Gasteiger partial charge in [-0.1, -0.05) is 11.6 Å². The predicted octanol–water partition coefficient (Wildman–Crippen LogP) is 1.65. The van der Waals surface area contributed by atoms with Crippen LogP contribution >= 0.6 is 27.5 Å². The molecule has 2 aromatic rings. The number of hydrogen-bond donors (Lipinski definition) is 7. The number of aliphatic hydroxyl groups is 1. The first-order valence-corrected chi connectivity index (χ1v) is 12.1. The lowest BCUT2D eigenvalue weighted by molar-refractivity contribution is -0.137. The summed E-state index contributed by atoms with van der Waals surface area (Å²) < 4.78 is 0.228. The van der Waals surface area contributed by atoms with Crippen LogP contribution in [0.5, 0.6) is 11.5 Å². The van der Waals surface area contributed by atoms with Crippen LogP contribution in [0.1, 0.15) is 28.4 Å². The average Bonchev–Trinajstić information content (AvgIpc) is 2.81. The Morgan fingerprint density at radius 1 is 1.24 bits per heavy atom. The number of guanidine groups is 1. The number of halogens is 2. The first kappa shape index (κ1) is 28.0. The molecule has 0 fully saturated rings. The maximum atomic E-state index is 13.0. The summed E-state index contributed by atoms with van der Waals surface area (Å²) in [5.41, 5.74) is 0.527. The van der Waals surface area contributed by atoms with E-state index in [9.17, 15) is 34.8 Å². The van der Waals surface area contributed by atoms with Gasteiger partial charge in [0.25, 0.3) is 5.91 Å². The lowest BCUT2D eigenvalue weighted by Crippen LogP contribution is -2.42. The number of hydrogen-bond acceptors (Lipinski definition) is 9. The van der Waals surface area contributed by atoms with E-state index in [0.717, 1.165) is 4.90 Å². The first-order chi connectivity index (χ1) is 17.4. The van der Waals surface area contributed by atoms with Crippen molar-refractivity contribution in [2.24, 2.45) is 4.99 Å². The molecule has 7 N–H and O–H groups in total. The van der Waals surface area contributed by atoms with E-state index < -0.39 is 42.9 Å². The third-order valence-corrected chi connectivity index (χ3v) is 6.09. The van der Waals surface area contributed by atoms with Crippen LogP contribution in [0.25, 0.3) is 0 Å². The van der Waals surface area contributed by atoms with Crippen LogP contribution in [0, 0.1) is 0 Å². The monoisotopic (exact) mass is 597 g/mol. The molecule has 0 radical (unpaired) electrons. The number of carbonyl (C=O) groups is 3. The second-order valence-electron chi connectivity index (χ2n) is 8.32. The zero-order valence-corrected chi connectivity index (χ0v) is 21.9. The number of nitrogens with zero attached hydrogens (tertiary/aromatic N) is 2. The predicted molar refractivity (Wildman–Crippen MR) is 139 cm³/mol. The molecule has 0 bridgehead atoms. The molecule has 2 amide bonds. The van der Waals surface area contributed by atoms with Gasteiger partial charge in [-0.3, -0.25) is 19.4 Å². The quantitative estimate of drug-likeness (QED) is 0.237. The third kappa shape index (κ3) is 7.71. The van der Waals surface area contributed by atoms with E-state index in [1.54, 1.807) is 0 Å². The van der Waals surface area contributed by atoms with Gasteiger partial charge in [-0.05, 0) is 40.2 Å². The molecule has 2 atom stereocenters. The van der Waals surface area contributed by atoms with Gasteiger partial charge in [0, 0.05) is 41.5 Å². The number of carboxylic acids is 1. The Morgan fingerprint density at radius 3 is 2.62 bits per heavy atom. The van der Waals surface area contributed by atoms with Gasteiger partial charge < -0.3 is 41.3 Å². The van der Waals surface area contributed by atoms with Gasteiger partial charge in [-0.2, -0.15) is 0 Å². The third-order valence-electron chi connectivity index (χ3n) is 5.27. The van der Waals surface area contributed by atoms with Gasteiger partial charge in [0.2, 0.25) is 5.91 Å². The van der Waals surface area contributed by atoms with Crippen molar-refractivity contribution < 1.29 is 34.8 Å². The van der Waals surface area contributed by atoms with E-state index in [1.165, 1.54) is 37.4 Å². The molecule has 12 nitrogen and oxygen atoms in total. The van der Waals surface area contributed by atoms with Crippen LogP contribution in [0.15, 0.2) is 39.8 Å². The van der Waals surface area contributed by atoms with Crippen LogP contribution in [-0.4, -0.2) is 81.9 Å². The maximum absolute atomic E-state index is 13.0. The van der Waals surface area contributed by atoms with E-state index in [-0.39, 0.29) is 38.7 Å². The number of β-amino-alcohol motifs (C(OH)–C–C–N with tert-alkyl or cyclic N) is 1. The molecule has 1 aliphatic rings. The fourth-order valence-electron chi connectivity index (χ4n) is 3.57. The van der Waals surface area contributed by atoms with Gasteiger partial charge in [0.1, 0.15) is 11.5 Å². The fourth-order valence-corrected chi connectivity index (χ4v) is 4.41. The molecule has 198 valence electrons. The fraction of sp³-hybridized carbons (Fsp3) is 0.304. The average molecular weight is 599 g/mol. The minimum absolute atomic E-state index is 0.0766. The largest absolute Gasteiger partial charge is 0.508 e. The van der Waals surface area contributed by atoms with Gasteiger partial charge in [-0.25, -0.2) is 0 Å². The number of likely N-dealkylation sites (N-methyl/N-ethyl adjacent to an activating group) is 1. The summed E-state index contributed by atoms with van der Waals surface area (Å²) >= 11 is 9.16. The van der Waals surface area contributed by atoms with Crippen LogP contribution in [0.4, 0.5) is 5.69 Å². The number of aliphatic imine (C=N–C) groups is 1. The van der Waals surface area contributed by atoms with Crippen LogP contribution in [0.3, 0.4) is 0 Å². The van der Waals surface area contributed by atoms with Crippen molar-refractivity contribution in [2.45, 2.75) is 18.6 Å². The van der Waals surface area contributed by atoms with Gasteiger partial charge >= 0.3 is 5.97 Å². The lowest BCUT2D eigenvalue weighted by Gasteiger charge is -2.23. The number of aliphatic hydroxyl groups excluding tert-OH is 1. The smallest absolute Gasteiger partial charge is 0.305 e. The number of benzene rings is 2. The number of anilines is 1. The maximum Gasteiger partial charge on any atom is 0.305 e. The van der Waals surface area contributed by atoms with Crippen molar-refractivity contribution in [2.75, 3.05) is 32.0 Å². The van der Waals surface area contributed by atoms with E-state index in [1.807, 2.05) is 0 Å². The number of amides is 2. The number of aromatic hydroxyl groups is 2. The molecule has 0 aliphatic carbocycles. The summed E-state index contributed by atoms with van der Waals surface area (Å²) in [7, 11) is 1.37. The van der Waals surface area contributed by atoms with E-state index in [0.29, 0.717) is 18.2 Å². The zero-order chi connectivity index (χ0) is 27.3. The second kappa shape index (κ2) is 12.1. The van der Waals surface area contributed by atoms with Crippen LogP contribution in [0.2, 0.25) is 5.02 Å². The Bertz CT molecular complexity index is 1240. The molecule has 1 heterocycles. The number of rotatable bonds is 8. The molecule has 0 saturated carbocycles. The number of aliphatic carboxylic acids is 1. The Hall–Kier alpha value is -3.55. The number of carbonyl (C=O) groups excluding carboxylic acids is 2. The number of nitrogens with one attached hydrogen (secondary N) is 3. The highest BCUT2D eigenvalue weighted by molar-refractivity contribution is 9.10. The topological polar surface area (TPSA) is 184 Å². The van der Waals surface area contributed by atoms with Crippen molar-refractivity contribution in [3.8, 4) is 11.5 Å². The van der Waals surface area contributed by atoms with E-state index in [4.69, 9.17) is 11.6 Å². The molecule has 3 rings (SSSR count). The molecule has 2 unspecified atom stereocenters. The molecular weight excluding hydrogens is 574 g/mol. The number of carboxylic acid groups (broad SMARTS) is 1. The molecule has 37 heavy (non-hydrogen) atoms. The summed E-state index contributed by atoms with van der Waals surface area (Å²) in [4.78, 5) is 42.3. The summed E-state index contributed by atoms with van der Waals surface area (Å²) in [6.45, 7) is 0.0493. The normalized spacial score (nSPS) is 15.7. The summed E-state index contributed by atoms with van der Waals surface area (Å²) in [5, 5.41) is 47.8.